The first-order valence-electron chi connectivity index (χ1n) is 10.4. The first-order chi connectivity index (χ1) is 13.6. The van der Waals surface area contributed by atoms with Crippen molar-refractivity contribution < 1.29 is 24.2 Å². The van der Waals surface area contributed by atoms with Crippen molar-refractivity contribution in [1.82, 2.24) is 0 Å². The largest absolute Gasteiger partial charge is 0.550 e. The maximum atomic E-state index is 12.9. The minimum atomic E-state index is -1.17. The standard InChI is InChI=1S/C22H31NO5S/c1-22(2,3)12-9-10-15-16(11-12)29-19(17(15)21(27)28-4)23-18(24)13-7-5-6-8-14(13)20(25)26/h12-14H,5-11H2,1-4H3,(H,23,24)(H,25,26)/p-1/t12-,13+,14-/m0/s1. The molecule has 160 valence electrons. The van der Waals surface area contributed by atoms with Crippen molar-refractivity contribution in [2.45, 2.75) is 65.7 Å². The summed E-state index contributed by atoms with van der Waals surface area (Å²) in [5.74, 6) is -2.85. The summed E-state index contributed by atoms with van der Waals surface area (Å²) in [6.07, 6.45) is 5.22. The number of methoxy groups -OCH3 is 1. The SMILES string of the molecule is COC(=O)c1c(NC(=O)[C@@H]2CCCC[C@@H]2C(=O)[O-])sc2c1CC[C@H](C(C)(C)C)C2. The van der Waals surface area contributed by atoms with E-state index in [4.69, 9.17) is 4.74 Å². The summed E-state index contributed by atoms with van der Waals surface area (Å²) in [6, 6.07) is 0. The van der Waals surface area contributed by atoms with Crippen LogP contribution in [0.2, 0.25) is 0 Å². The van der Waals surface area contributed by atoms with Gasteiger partial charge in [0.05, 0.1) is 12.7 Å². The van der Waals surface area contributed by atoms with E-state index in [9.17, 15) is 19.5 Å². The van der Waals surface area contributed by atoms with Crippen LogP contribution in [-0.4, -0.2) is 25.0 Å². The van der Waals surface area contributed by atoms with Crippen molar-refractivity contribution in [2.24, 2.45) is 23.2 Å². The predicted molar refractivity (Wildman–Crippen MR) is 110 cm³/mol. The second-order valence-electron chi connectivity index (χ2n) is 9.31. The summed E-state index contributed by atoms with van der Waals surface area (Å²) in [6.45, 7) is 6.68. The molecule has 0 spiro atoms. The van der Waals surface area contributed by atoms with E-state index in [0.717, 1.165) is 42.5 Å². The monoisotopic (exact) mass is 420 g/mol. The molecule has 1 fully saturated rings. The number of nitrogens with one attached hydrogen (secondary N) is 1. The molecule has 3 atom stereocenters. The number of thiophene rings is 1. The Bertz CT molecular complexity index is 807. The van der Waals surface area contributed by atoms with Crippen LogP contribution in [0.3, 0.4) is 0 Å². The van der Waals surface area contributed by atoms with Crippen LogP contribution in [0.25, 0.3) is 0 Å². The Labute approximate surface area is 176 Å². The lowest BCUT2D eigenvalue weighted by atomic mass is 9.72. The molecule has 0 radical (unpaired) electrons. The van der Waals surface area contributed by atoms with Gasteiger partial charge in [-0.25, -0.2) is 4.79 Å². The number of carboxylic acids is 1. The molecule has 1 heterocycles. The van der Waals surface area contributed by atoms with Crippen LogP contribution in [0.5, 0.6) is 0 Å². The minimum absolute atomic E-state index is 0.167. The number of carboxylic acid groups (broad SMARTS) is 1. The van der Waals surface area contributed by atoms with Crippen molar-refractivity contribution >= 4 is 34.2 Å². The average molecular weight is 421 g/mol. The maximum Gasteiger partial charge on any atom is 0.341 e. The lowest BCUT2D eigenvalue weighted by Gasteiger charge is -2.33. The minimum Gasteiger partial charge on any atom is -0.550 e. The van der Waals surface area contributed by atoms with E-state index in [2.05, 4.69) is 26.1 Å². The highest BCUT2D eigenvalue weighted by atomic mass is 32.1. The fourth-order valence-corrected chi connectivity index (χ4v) is 5.98. The Kier molecular flexibility index (Phi) is 6.36. The van der Waals surface area contributed by atoms with E-state index in [-0.39, 0.29) is 11.3 Å². The molecule has 1 aromatic rings. The van der Waals surface area contributed by atoms with Crippen LogP contribution in [0, 0.1) is 23.2 Å². The molecule has 0 aliphatic heterocycles. The number of carbonyl (C=O) groups excluding carboxylic acids is 3. The first-order valence-corrected chi connectivity index (χ1v) is 11.2. The average Bonchev–Trinajstić information content (AvgIpc) is 3.03. The third kappa shape index (κ3) is 4.49. The van der Waals surface area contributed by atoms with Crippen LogP contribution in [0.15, 0.2) is 0 Å². The van der Waals surface area contributed by atoms with Crippen molar-refractivity contribution in [3.63, 3.8) is 0 Å². The zero-order chi connectivity index (χ0) is 21.3. The van der Waals surface area contributed by atoms with Crippen LogP contribution in [0.1, 0.15) is 73.7 Å². The van der Waals surface area contributed by atoms with Crippen molar-refractivity contribution in [3.05, 3.63) is 16.0 Å². The Morgan fingerprint density at radius 3 is 2.34 bits per heavy atom. The maximum absolute atomic E-state index is 12.9. The molecule has 6 nitrogen and oxygen atoms in total. The third-order valence-electron chi connectivity index (χ3n) is 6.52. The summed E-state index contributed by atoms with van der Waals surface area (Å²) in [4.78, 5) is 38.0. The molecular formula is C22H30NO5S-. The molecule has 0 unspecified atom stereocenters. The summed E-state index contributed by atoms with van der Waals surface area (Å²) in [5.41, 5.74) is 1.58. The fraction of sp³-hybridized carbons (Fsp3) is 0.682. The number of aliphatic carboxylic acids is 1. The summed E-state index contributed by atoms with van der Waals surface area (Å²) < 4.78 is 4.99. The molecule has 2 aliphatic rings. The lowest BCUT2D eigenvalue weighted by Crippen LogP contribution is -2.42. The van der Waals surface area contributed by atoms with Gasteiger partial charge >= 0.3 is 5.97 Å². The molecule has 0 bridgehead atoms. The number of esters is 1. The highest BCUT2D eigenvalue weighted by Gasteiger charge is 2.36. The van der Waals surface area contributed by atoms with Gasteiger partial charge in [-0.2, -0.15) is 0 Å². The zero-order valence-corrected chi connectivity index (χ0v) is 18.4. The van der Waals surface area contributed by atoms with Gasteiger partial charge in [0.1, 0.15) is 5.00 Å². The van der Waals surface area contributed by atoms with Crippen LogP contribution in [0.4, 0.5) is 5.00 Å². The smallest absolute Gasteiger partial charge is 0.341 e. The molecular weight excluding hydrogens is 390 g/mol. The van der Waals surface area contributed by atoms with Gasteiger partial charge in [-0.3, -0.25) is 4.79 Å². The fourth-order valence-electron chi connectivity index (χ4n) is 4.66. The van der Waals surface area contributed by atoms with E-state index in [1.54, 1.807) is 0 Å². The molecule has 1 saturated carbocycles. The first kappa shape index (κ1) is 21.8. The van der Waals surface area contributed by atoms with E-state index in [1.807, 2.05) is 0 Å². The highest BCUT2D eigenvalue weighted by Crippen LogP contribution is 2.45. The van der Waals surface area contributed by atoms with Gasteiger partial charge in [0, 0.05) is 22.7 Å². The molecule has 0 saturated heterocycles. The van der Waals surface area contributed by atoms with Gasteiger partial charge in [-0.15, -0.1) is 11.3 Å². The van der Waals surface area contributed by atoms with Gasteiger partial charge in [0.25, 0.3) is 0 Å². The summed E-state index contributed by atoms with van der Waals surface area (Å²) in [5, 5.41) is 14.8. The Morgan fingerprint density at radius 2 is 1.76 bits per heavy atom. The second kappa shape index (κ2) is 8.46. The number of carbonyl (C=O) groups is 3. The number of amides is 1. The number of ether oxygens (including phenoxy) is 1. The van der Waals surface area contributed by atoms with Gasteiger partial charge < -0.3 is 20.0 Å². The number of rotatable bonds is 4. The van der Waals surface area contributed by atoms with E-state index in [0.29, 0.717) is 29.3 Å². The molecule has 0 aromatic carbocycles. The summed E-state index contributed by atoms with van der Waals surface area (Å²) >= 11 is 1.43. The van der Waals surface area contributed by atoms with Crippen molar-refractivity contribution in [1.29, 1.82) is 0 Å². The highest BCUT2D eigenvalue weighted by molar-refractivity contribution is 7.17. The quantitative estimate of drug-likeness (QED) is 0.755. The number of fused-ring (bicyclic) bond motifs is 1. The van der Waals surface area contributed by atoms with Crippen LogP contribution in [-0.2, 0) is 27.2 Å². The van der Waals surface area contributed by atoms with Gasteiger partial charge in [0.2, 0.25) is 5.91 Å². The van der Waals surface area contributed by atoms with Gasteiger partial charge in [-0.1, -0.05) is 33.6 Å². The Morgan fingerprint density at radius 1 is 1.10 bits per heavy atom. The van der Waals surface area contributed by atoms with Crippen molar-refractivity contribution in [2.75, 3.05) is 12.4 Å². The third-order valence-corrected chi connectivity index (χ3v) is 7.69. The Balaban J connectivity index is 1.89. The Hall–Kier alpha value is -1.89. The van der Waals surface area contributed by atoms with Crippen LogP contribution >= 0.6 is 11.3 Å². The summed E-state index contributed by atoms with van der Waals surface area (Å²) in [7, 11) is 1.34. The number of hydrogen-bond acceptors (Lipinski definition) is 6. The number of hydrogen-bond donors (Lipinski definition) is 1. The molecule has 1 aromatic heterocycles. The second-order valence-corrected chi connectivity index (χ2v) is 10.4. The van der Waals surface area contributed by atoms with E-state index >= 15 is 0 Å². The lowest BCUT2D eigenvalue weighted by molar-refractivity contribution is -0.313. The molecule has 1 N–H and O–H groups in total. The van der Waals surface area contributed by atoms with E-state index in [1.165, 1.54) is 18.4 Å². The molecule has 29 heavy (non-hydrogen) atoms. The molecule has 7 heteroatoms. The van der Waals surface area contributed by atoms with Gasteiger partial charge in [-0.05, 0) is 49.0 Å². The van der Waals surface area contributed by atoms with Crippen molar-refractivity contribution in [3.8, 4) is 0 Å². The van der Waals surface area contributed by atoms with Gasteiger partial charge in [0.15, 0.2) is 0 Å². The topological polar surface area (TPSA) is 95.5 Å². The zero-order valence-electron chi connectivity index (χ0n) is 17.6. The molecule has 1 amide bonds. The predicted octanol–water partition coefficient (Wildman–Crippen LogP) is 3.18. The van der Waals surface area contributed by atoms with Crippen LogP contribution < -0.4 is 10.4 Å². The molecule has 2 aliphatic carbocycles. The molecule has 3 rings (SSSR count). The number of anilines is 1. The van der Waals surface area contributed by atoms with E-state index < -0.39 is 23.8 Å². The normalized spacial score (nSPS) is 24.5.